The molecule has 1 amide bonds. The maximum atomic E-state index is 12.0. The van der Waals surface area contributed by atoms with Gasteiger partial charge in [0.05, 0.1) is 5.56 Å². The van der Waals surface area contributed by atoms with Crippen molar-refractivity contribution in [2.24, 2.45) is 5.92 Å². The second-order valence-electron chi connectivity index (χ2n) is 5.19. The van der Waals surface area contributed by atoms with E-state index >= 15 is 0 Å². The van der Waals surface area contributed by atoms with Gasteiger partial charge in [-0.3, -0.25) is 9.59 Å². The number of carbonyl (C=O) groups is 1. The molecule has 0 atom stereocenters. The SMILES string of the molecule is CC(C)Cc1cccc(NC(=O)c2ccc(=O)[nH]c2)c1. The Bertz CT molecular complexity index is 639. The second-order valence-corrected chi connectivity index (χ2v) is 5.19. The fourth-order valence-corrected chi connectivity index (χ4v) is 2.00. The highest BCUT2D eigenvalue weighted by atomic mass is 16.1. The van der Waals surface area contributed by atoms with Crippen molar-refractivity contribution in [3.05, 3.63) is 64.1 Å². The molecule has 0 spiro atoms. The Kier molecular flexibility index (Phi) is 4.35. The summed E-state index contributed by atoms with van der Waals surface area (Å²) in [5.74, 6) is 0.336. The van der Waals surface area contributed by atoms with E-state index in [0.717, 1.165) is 12.1 Å². The predicted molar refractivity (Wildman–Crippen MR) is 80.0 cm³/mol. The number of rotatable bonds is 4. The highest BCUT2D eigenvalue weighted by Gasteiger charge is 2.06. The summed E-state index contributed by atoms with van der Waals surface area (Å²) in [5, 5.41) is 2.83. The highest BCUT2D eigenvalue weighted by molar-refractivity contribution is 6.04. The number of amides is 1. The Morgan fingerprint density at radius 1 is 1.25 bits per heavy atom. The number of nitrogens with one attached hydrogen (secondary N) is 2. The molecular weight excluding hydrogens is 252 g/mol. The summed E-state index contributed by atoms with van der Waals surface area (Å²) in [4.78, 5) is 25.5. The zero-order chi connectivity index (χ0) is 14.5. The van der Waals surface area contributed by atoms with Crippen LogP contribution in [0.1, 0.15) is 29.8 Å². The molecule has 0 bridgehead atoms. The first-order valence-electron chi connectivity index (χ1n) is 6.63. The van der Waals surface area contributed by atoms with Crippen molar-refractivity contribution in [3.8, 4) is 0 Å². The zero-order valence-corrected chi connectivity index (χ0v) is 11.6. The van der Waals surface area contributed by atoms with Gasteiger partial charge in [-0.05, 0) is 36.1 Å². The molecule has 0 radical (unpaired) electrons. The number of aromatic amines is 1. The van der Waals surface area contributed by atoms with Crippen LogP contribution in [0.2, 0.25) is 0 Å². The maximum absolute atomic E-state index is 12.0. The normalized spacial score (nSPS) is 10.6. The first-order chi connectivity index (χ1) is 9.54. The highest BCUT2D eigenvalue weighted by Crippen LogP contribution is 2.15. The van der Waals surface area contributed by atoms with Crippen LogP contribution in [0.25, 0.3) is 0 Å². The van der Waals surface area contributed by atoms with Gasteiger partial charge in [0.15, 0.2) is 0 Å². The zero-order valence-electron chi connectivity index (χ0n) is 11.6. The van der Waals surface area contributed by atoms with Crippen molar-refractivity contribution in [2.45, 2.75) is 20.3 Å². The molecule has 0 saturated carbocycles. The minimum Gasteiger partial charge on any atom is -0.328 e. The summed E-state index contributed by atoms with van der Waals surface area (Å²) in [7, 11) is 0. The Morgan fingerprint density at radius 3 is 2.70 bits per heavy atom. The van der Waals surface area contributed by atoms with Crippen molar-refractivity contribution in [1.29, 1.82) is 0 Å². The van der Waals surface area contributed by atoms with E-state index in [9.17, 15) is 9.59 Å². The van der Waals surface area contributed by atoms with Crippen LogP contribution < -0.4 is 10.9 Å². The molecule has 0 aliphatic rings. The second kappa shape index (κ2) is 6.19. The minimum absolute atomic E-state index is 0.222. The van der Waals surface area contributed by atoms with Crippen molar-refractivity contribution >= 4 is 11.6 Å². The molecule has 1 aromatic heterocycles. The van der Waals surface area contributed by atoms with Crippen LogP contribution in [0.3, 0.4) is 0 Å². The molecule has 1 aromatic carbocycles. The molecule has 4 nitrogen and oxygen atoms in total. The third-order valence-corrected chi connectivity index (χ3v) is 2.88. The van der Waals surface area contributed by atoms with Gasteiger partial charge in [-0.25, -0.2) is 0 Å². The fraction of sp³-hybridized carbons (Fsp3) is 0.250. The third-order valence-electron chi connectivity index (χ3n) is 2.88. The van der Waals surface area contributed by atoms with Crippen molar-refractivity contribution in [2.75, 3.05) is 5.32 Å². The lowest BCUT2D eigenvalue weighted by Gasteiger charge is -2.09. The molecule has 2 N–H and O–H groups in total. The lowest BCUT2D eigenvalue weighted by atomic mass is 10.0. The minimum atomic E-state index is -0.233. The Labute approximate surface area is 117 Å². The van der Waals surface area contributed by atoms with Gasteiger partial charge in [-0.2, -0.15) is 0 Å². The van der Waals surface area contributed by atoms with E-state index in [1.165, 1.54) is 23.9 Å². The molecule has 0 aliphatic heterocycles. The van der Waals surface area contributed by atoms with Crippen LogP contribution in [0.5, 0.6) is 0 Å². The van der Waals surface area contributed by atoms with E-state index in [0.29, 0.717) is 11.5 Å². The van der Waals surface area contributed by atoms with Crippen molar-refractivity contribution in [3.63, 3.8) is 0 Å². The number of anilines is 1. The largest absolute Gasteiger partial charge is 0.328 e. The van der Waals surface area contributed by atoms with E-state index in [1.807, 2.05) is 18.2 Å². The van der Waals surface area contributed by atoms with Crippen LogP contribution in [0, 0.1) is 5.92 Å². The smallest absolute Gasteiger partial charge is 0.257 e. The van der Waals surface area contributed by atoms with Gasteiger partial charge < -0.3 is 10.3 Å². The number of hydrogen-bond acceptors (Lipinski definition) is 2. The summed E-state index contributed by atoms with van der Waals surface area (Å²) in [6, 6.07) is 10.7. The molecule has 4 heteroatoms. The van der Waals surface area contributed by atoms with Crippen molar-refractivity contribution in [1.82, 2.24) is 4.98 Å². The van der Waals surface area contributed by atoms with Crippen LogP contribution in [0.15, 0.2) is 47.4 Å². The molecule has 20 heavy (non-hydrogen) atoms. The fourth-order valence-electron chi connectivity index (χ4n) is 2.00. The molecule has 0 aliphatic carbocycles. The van der Waals surface area contributed by atoms with Gasteiger partial charge in [0, 0.05) is 18.0 Å². The number of carbonyl (C=O) groups excluding carboxylic acids is 1. The summed E-state index contributed by atoms with van der Waals surface area (Å²) in [5.41, 5.74) is 2.16. The summed E-state index contributed by atoms with van der Waals surface area (Å²) >= 11 is 0. The molecular formula is C16H18N2O2. The number of H-pyrrole nitrogens is 1. The summed E-state index contributed by atoms with van der Waals surface area (Å²) in [6.45, 7) is 4.32. The number of pyridine rings is 1. The monoisotopic (exact) mass is 270 g/mol. The topological polar surface area (TPSA) is 62.0 Å². The Balaban J connectivity index is 2.11. The van der Waals surface area contributed by atoms with Gasteiger partial charge >= 0.3 is 0 Å². The average Bonchev–Trinajstić information content (AvgIpc) is 2.39. The first-order valence-corrected chi connectivity index (χ1v) is 6.63. The van der Waals surface area contributed by atoms with Crippen LogP contribution in [0.4, 0.5) is 5.69 Å². The standard InChI is InChI=1S/C16H18N2O2/c1-11(2)8-12-4-3-5-14(9-12)18-16(20)13-6-7-15(19)17-10-13/h3-7,9-11H,8H2,1-2H3,(H,17,19)(H,18,20). The first kappa shape index (κ1) is 14.1. The van der Waals surface area contributed by atoms with E-state index < -0.39 is 0 Å². The van der Waals surface area contributed by atoms with Crippen LogP contribution in [-0.2, 0) is 6.42 Å². The molecule has 1 heterocycles. The van der Waals surface area contributed by atoms with Crippen LogP contribution >= 0.6 is 0 Å². The molecule has 0 fully saturated rings. The average molecular weight is 270 g/mol. The molecule has 2 aromatic rings. The van der Waals surface area contributed by atoms with E-state index in [1.54, 1.807) is 0 Å². The van der Waals surface area contributed by atoms with Gasteiger partial charge in [-0.1, -0.05) is 26.0 Å². The molecule has 0 unspecified atom stereocenters. The maximum Gasteiger partial charge on any atom is 0.257 e. The molecule has 2 rings (SSSR count). The van der Waals surface area contributed by atoms with Crippen LogP contribution in [-0.4, -0.2) is 10.9 Å². The van der Waals surface area contributed by atoms with E-state index in [2.05, 4.69) is 30.2 Å². The lowest BCUT2D eigenvalue weighted by Crippen LogP contribution is -2.14. The quantitative estimate of drug-likeness (QED) is 0.897. The van der Waals surface area contributed by atoms with Gasteiger partial charge in [0.2, 0.25) is 5.56 Å². The number of aromatic nitrogens is 1. The molecule has 0 saturated heterocycles. The van der Waals surface area contributed by atoms with Gasteiger partial charge in [0.25, 0.3) is 5.91 Å². The predicted octanol–water partition coefficient (Wildman–Crippen LogP) is 2.83. The third kappa shape index (κ3) is 3.82. The summed E-state index contributed by atoms with van der Waals surface area (Å²) < 4.78 is 0. The van der Waals surface area contributed by atoms with Gasteiger partial charge in [-0.15, -0.1) is 0 Å². The van der Waals surface area contributed by atoms with Gasteiger partial charge in [0.1, 0.15) is 0 Å². The number of benzene rings is 1. The lowest BCUT2D eigenvalue weighted by molar-refractivity contribution is 0.102. The Hall–Kier alpha value is -2.36. The van der Waals surface area contributed by atoms with E-state index in [4.69, 9.17) is 0 Å². The Morgan fingerprint density at radius 2 is 2.05 bits per heavy atom. The van der Waals surface area contributed by atoms with Crippen molar-refractivity contribution < 1.29 is 4.79 Å². The molecule has 104 valence electrons. The summed E-state index contributed by atoms with van der Waals surface area (Å²) in [6.07, 6.45) is 2.39. The number of hydrogen-bond donors (Lipinski definition) is 2. The van der Waals surface area contributed by atoms with E-state index in [-0.39, 0.29) is 11.5 Å².